The summed E-state index contributed by atoms with van der Waals surface area (Å²) in [6.45, 7) is 33.6. The predicted molar refractivity (Wildman–Crippen MR) is 300 cm³/mol. The molecule has 14 nitrogen and oxygen atoms in total. The molecule has 4 aliphatic rings. The van der Waals surface area contributed by atoms with Gasteiger partial charge in [-0.2, -0.15) is 5.26 Å². The van der Waals surface area contributed by atoms with Gasteiger partial charge in [0.1, 0.15) is 23.9 Å². The number of benzene rings is 3. The third kappa shape index (κ3) is 12.5. The third-order valence-corrected chi connectivity index (χ3v) is 17.3. The van der Waals surface area contributed by atoms with Crippen LogP contribution < -0.4 is 20.7 Å². The number of carbonyl (C=O) groups is 3. The van der Waals surface area contributed by atoms with E-state index in [-0.39, 0.29) is 71.0 Å². The fraction of sp³-hybridized carbons (Fsp3) is 0.557. The summed E-state index contributed by atoms with van der Waals surface area (Å²) in [5.41, 5.74) is 7.69. The summed E-state index contributed by atoms with van der Waals surface area (Å²) in [6.07, 6.45) is 1.12. The summed E-state index contributed by atoms with van der Waals surface area (Å²) in [5.74, 6) is 0.242. The molecule has 1 aliphatic carbocycles. The minimum atomic E-state index is -0.816. The molecule has 4 N–H and O–H groups in total. The molecule has 76 heavy (non-hydrogen) atoms. The molecule has 4 fully saturated rings. The van der Waals surface area contributed by atoms with Crippen LogP contribution in [0.4, 0.5) is 0 Å². The average molecular weight is 1060 g/mol. The van der Waals surface area contributed by atoms with Gasteiger partial charge in [-0.25, -0.2) is 4.98 Å². The molecule has 15 heteroatoms. The lowest BCUT2D eigenvalue weighted by Crippen LogP contribution is -2.74. The maximum atomic E-state index is 14.6. The van der Waals surface area contributed by atoms with E-state index in [1.54, 1.807) is 16.2 Å². The summed E-state index contributed by atoms with van der Waals surface area (Å²) in [7, 11) is 0. The van der Waals surface area contributed by atoms with Crippen LogP contribution in [0, 0.1) is 40.4 Å². The van der Waals surface area contributed by atoms with E-state index in [0.29, 0.717) is 30.9 Å². The Morgan fingerprint density at radius 2 is 1.59 bits per heavy atom. The highest BCUT2D eigenvalue weighted by Gasteiger charge is 2.64. The number of carbonyl (C=O) groups excluding carboxylic acids is 3. The average Bonchev–Trinajstić information content (AvgIpc) is 4.11. The van der Waals surface area contributed by atoms with Crippen molar-refractivity contribution in [3.05, 3.63) is 118 Å². The molecule has 8 rings (SSSR count). The smallest absolute Gasteiger partial charge is 0.251 e. The van der Waals surface area contributed by atoms with Gasteiger partial charge >= 0.3 is 0 Å². The molecule has 0 unspecified atom stereocenters. The van der Waals surface area contributed by atoms with Crippen molar-refractivity contribution in [3.63, 3.8) is 0 Å². The Hall–Kier alpha value is -5.63. The Morgan fingerprint density at radius 1 is 0.934 bits per heavy atom. The van der Waals surface area contributed by atoms with E-state index in [1.165, 1.54) is 5.56 Å². The molecule has 408 valence electrons. The molecule has 0 bridgehead atoms. The number of aryl methyl sites for hydroxylation is 2. The first kappa shape index (κ1) is 56.6. The number of amides is 3. The third-order valence-electron chi connectivity index (χ3n) is 16.4. The number of ether oxygens (including phenoxy) is 2. The van der Waals surface area contributed by atoms with Crippen LogP contribution in [0.2, 0.25) is 0 Å². The Kier molecular flexibility index (Phi) is 16.9. The van der Waals surface area contributed by atoms with Crippen molar-refractivity contribution in [1.29, 1.82) is 5.26 Å². The molecule has 0 radical (unpaired) electrons. The van der Waals surface area contributed by atoms with Gasteiger partial charge in [-0.1, -0.05) is 112 Å². The van der Waals surface area contributed by atoms with Crippen LogP contribution in [-0.4, -0.2) is 132 Å². The number of piperazine rings is 1. The van der Waals surface area contributed by atoms with Gasteiger partial charge in [0, 0.05) is 79.7 Å². The van der Waals surface area contributed by atoms with Crippen molar-refractivity contribution in [3.8, 4) is 22.3 Å². The molecule has 1 aromatic heterocycles. The van der Waals surface area contributed by atoms with Crippen molar-refractivity contribution in [2.75, 3.05) is 59.0 Å². The Bertz CT molecular complexity index is 2740. The monoisotopic (exact) mass is 1050 g/mol. The van der Waals surface area contributed by atoms with Crippen LogP contribution in [0.3, 0.4) is 0 Å². The van der Waals surface area contributed by atoms with Gasteiger partial charge in [0.25, 0.3) is 5.91 Å². The largest absolute Gasteiger partial charge is 0.489 e. The van der Waals surface area contributed by atoms with E-state index in [9.17, 15) is 24.8 Å². The highest BCUT2D eigenvalue weighted by molar-refractivity contribution is 7.13. The number of nitrogens with one attached hydrogen (secondary N) is 3. The molecule has 3 saturated heterocycles. The topological polar surface area (TPSA) is 172 Å². The molecule has 1 saturated carbocycles. The first-order chi connectivity index (χ1) is 35.8. The number of nitrogens with zero attached hydrogens (tertiary/aromatic N) is 5. The van der Waals surface area contributed by atoms with Crippen molar-refractivity contribution >= 4 is 29.1 Å². The molecular formula is C61H82N8O6S. The van der Waals surface area contributed by atoms with Gasteiger partial charge in [0.2, 0.25) is 11.8 Å². The lowest BCUT2D eigenvalue weighted by Gasteiger charge is -2.63. The minimum absolute atomic E-state index is 0.0833. The van der Waals surface area contributed by atoms with Crippen molar-refractivity contribution in [2.45, 2.75) is 137 Å². The number of thiazole rings is 1. The molecule has 4 atom stereocenters. The van der Waals surface area contributed by atoms with Crippen LogP contribution in [0.15, 0.2) is 84.5 Å². The highest BCUT2D eigenvalue weighted by atomic mass is 32.1. The summed E-state index contributed by atoms with van der Waals surface area (Å²) < 4.78 is 12.2. The van der Waals surface area contributed by atoms with E-state index < -0.39 is 23.6 Å². The van der Waals surface area contributed by atoms with E-state index in [4.69, 9.17) is 9.47 Å². The van der Waals surface area contributed by atoms with Crippen molar-refractivity contribution in [2.24, 2.45) is 22.2 Å². The number of β-amino-alcohol motifs (C(OH)–C–C–N with tert-alkyl or cyclic N) is 1. The number of aliphatic hydroxyl groups is 1. The fourth-order valence-electron chi connectivity index (χ4n) is 12.2. The maximum Gasteiger partial charge on any atom is 0.251 e. The Balaban J connectivity index is 0.777. The zero-order valence-corrected chi connectivity index (χ0v) is 47.6. The first-order valence-electron chi connectivity index (χ1n) is 27.2. The van der Waals surface area contributed by atoms with Gasteiger partial charge in [0.05, 0.1) is 53.1 Å². The van der Waals surface area contributed by atoms with Gasteiger partial charge in [-0.15, -0.1) is 11.3 Å². The zero-order valence-electron chi connectivity index (χ0n) is 46.8. The lowest BCUT2D eigenvalue weighted by molar-refractivity contribution is -0.164. The zero-order chi connectivity index (χ0) is 54.9. The molecule has 4 aromatic rings. The molecular weight excluding hydrogens is 973 g/mol. The predicted octanol–water partition coefficient (Wildman–Crippen LogP) is 8.43. The van der Waals surface area contributed by atoms with Crippen molar-refractivity contribution in [1.82, 2.24) is 35.6 Å². The van der Waals surface area contributed by atoms with Gasteiger partial charge < -0.3 is 40.3 Å². The standard InChI is InChI=1S/C61H82N8O6S/c1-38(64-52(59(6,7)8)55(73)69-34-46(70)30-49(69)54(72)65-50(45-35-74-36-45)41-19-21-42(22-20-41)51-39(2)63-37-76-51)33-68-28-26-67(27-29-68)25-13-14-40-15-17-43(18-16-40)53(71)66-56-60(9,10)57(61(56,11)12)75-47-24-23-44(32-62)48(31-47)58(3,4)5/h15-24,31,37,45-46,49-50,52,56-57,64,70H,1,13-14,25-30,33-36H2,2-12H3,(H,65,72)(H,66,71)/t46-,49+,50+,52-,56?,57?/m1/s1. The molecule has 3 aliphatic heterocycles. The highest BCUT2D eigenvalue weighted by Crippen LogP contribution is 2.56. The van der Waals surface area contributed by atoms with Crippen LogP contribution in [0.1, 0.15) is 126 Å². The van der Waals surface area contributed by atoms with Gasteiger partial charge in [0.15, 0.2) is 0 Å². The molecule has 3 aromatic carbocycles. The van der Waals surface area contributed by atoms with E-state index >= 15 is 0 Å². The SMILES string of the molecule is C=C(CN1CCN(CCCc2ccc(C(=O)NC3C(C)(C)C(Oc4ccc(C#N)c(C(C)(C)C)c4)C3(C)C)cc2)CC1)N[C@H](C(=O)N1C[C@H](O)C[C@H]1C(=O)N[C@@H](c1ccc(-c2scnc2C)cc1)C1COC1)C(C)(C)C. The van der Waals surface area contributed by atoms with E-state index in [0.717, 1.165) is 84.3 Å². The number of aliphatic hydroxyl groups excluding tert-OH is 1. The summed E-state index contributed by atoms with van der Waals surface area (Å²) in [4.78, 5) is 54.3. The number of likely N-dealkylation sites (tertiary alicyclic amines) is 1. The van der Waals surface area contributed by atoms with Crippen LogP contribution in [0.5, 0.6) is 5.75 Å². The lowest BCUT2D eigenvalue weighted by atomic mass is 9.49. The quantitative estimate of drug-likeness (QED) is 0.0754. The van der Waals surface area contributed by atoms with Gasteiger partial charge in [-0.05, 0) is 89.7 Å². The minimum Gasteiger partial charge on any atom is -0.489 e. The number of nitriles is 1. The molecule has 3 amide bonds. The second kappa shape index (κ2) is 22.8. The molecule has 4 heterocycles. The Labute approximate surface area is 455 Å². The molecule has 0 spiro atoms. The number of aromatic nitrogens is 1. The van der Waals surface area contributed by atoms with Crippen molar-refractivity contribution < 1.29 is 29.0 Å². The van der Waals surface area contributed by atoms with Crippen LogP contribution >= 0.6 is 11.3 Å². The van der Waals surface area contributed by atoms with Gasteiger partial charge in [-0.3, -0.25) is 19.3 Å². The first-order valence-corrected chi connectivity index (χ1v) is 28.1. The maximum absolute atomic E-state index is 14.6. The summed E-state index contributed by atoms with van der Waals surface area (Å²) >= 11 is 1.60. The Morgan fingerprint density at radius 3 is 2.17 bits per heavy atom. The van der Waals surface area contributed by atoms with E-state index in [1.807, 2.05) is 75.7 Å². The van der Waals surface area contributed by atoms with Crippen LogP contribution in [-0.2, 0) is 26.2 Å². The second-order valence-corrected chi connectivity index (χ2v) is 26.0. The number of rotatable bonds is 18. The number of hydrogen-bond donors (Lipinski definition) is 4. The summed E-state index contributed by atoms with van der Waals surface area (Å²) in [5, 5.41) is 30.7. The number of hydrogen-bond acceptors (Lipinski definition) is 12. The second-order valence-electron chi connectivity index (χ2n) is 25.2. The fourth-order valence-corrected chi connectivity index (χ4v) is 13.0. The van der Waals surface area contributed by atoms with Crippen LogP contribution in [0.25, 0.3) is 10.4 Å². The normalized spacial score (nSPS) is 22.6. The summed E-state index contributed by atoms with van der Waals surface area (Å²) in [6, 6.07) is 22.4. The van der Waals surface area contributed by atoms with E-state index in [2.05, 4.69) is 116 Å².